The third kappa shape index (κ3) is 5.01. The lowest BCUT2D eigenvalue weighted by Crippen LogP contribution is -2.30. The average molecular weight is 391 g/mol. The van der Waals surface area contributed by atoms with Crippen molar-refractivity contribution in [1.82, 2.24) is 4.90 Å². The van der Waals surface area contributed by atoms with Gasteiger partial charge in [-0.3, -0.25) is 9.52 Å². The summed E-state index contributed by atoms with van der Waals surface area (Å²) in [7, 11) is -0.696. The van der Waals surface area contributed by atoms with E-state index in [2.05, 4.69) is 4.72 Å². The fraction of sp³-hybridized carbons (Fsp3) is 0.350. The van der Waals surface area contributed by atoms with Gasteiger partial charge in [0.1, 0.15) is 5.75 Å². The van der Waals surface area contributed by atoms with Crippen LogP contribution in [0, 0.1) is 12.8 Å². The highest BCUT2D eigenvalue weighted by atomic mass is 32.2. The van der Waals surface area contributed by atoms with Crippen LogP contribution in [0.25, 0.3) is 0 Å². The number of aryl methyl sites for hydroxylation is 1. The number of carbonyl (C=O) groups excluding carboxylic acids is 1. The van der Waals surface area contributed by atoms with E-state index in [0.717, 1.165) is 0 Å². The fourth-order valence-corrected chi connectivity index (χ4v) is 4.14. The Labute approximate surface area is 161 Å². The van der Waals surface area contributed by atoms with Crippen LogP contribution in [0.4, 0.5) is 5.69 Å². The normalized spacial score (nSPS) is 11.3. The largest absolute Gasteiger partial charge is 0.495 e. The first kappa shape index (κ1) is 20.8. The lowest BCUT2D eigenvalue weighted by Gasteiger charge is -2.20. The predicted molar refractivity (Wildman–Crippen MR) is 107 cm³/mol. The number of nitrogens with zero attached hydrogens (tertiary/aromatic N) is 1. The molecule has 6 nitrogen and oxygen atoms in total. The number of nitrogens with one attached hydrogen (secondary N) is 1. The minimum atomic E-state index is -3.88. The van der Waals surface area contributed by atoms with Crippen LogP contribution in [-0.2, 0) is 10.0 Å². The molecule has 0 atom stereocenters. The summed E-state index contributed by atoms with van der Waals surface area (Å²) in [4.78, 5) is 14.3. The van der Waals surface area contributed by atoms with Gasteiger partial charge in [0.15, 0.2) is 0 Å². The molecule has 0 radical (unpaired) electrons. The third-order valence-corrected chi connectivity index (χ3v) is 5.57. The summed E-state index contributed by atoms with van der Waals surface area (Å²) in [5, 5.41) is 0. The highest BCUT2D eigenvalue weighted by Crippen LogP contribution is 2.27. The van der Waals surface area contributed by atoms with Gasteiger partial charge in [0.05, 0.1) is 17.7 Å². The van der Waals surface area contributed by atoms with Crippen LogP contribution in [-0.4, -0.2) is 39.9 Å². The Balaban J connectivity index is 2.38. The molecule has 0 aliphatic rings. The molecule has 0 fully saturated rings. The summed E-state index contributed by atoms with van der Waals surface area (Å²) in [6, 6.07) is 11.5. The number of benzene rings is 2. The number of carbonyl (C=O) groups is 1. The van der Waals surface area contributed by atoms with Crippen LogP contribution in [0.2, 0.25) is 0 Å². The molecule has 1 amide bonds. The first-order valence-electron chi connectivity index (χ1n) is 8.67. The predicted octanol–water partition coefficient (Wildman–Crippen LogP) is 3.53. The highest BCUT2D eigenvalue weighted by Gasteiger charge is 2.22. The number of hydrogen-bond donors (Lipinski definition) is 1. The van der Waals surface area contributed by atoms with Crippen molar-refractivity contribution in [3.8, 4) is 5.75 Å². The summed E-state index contributed by atoms with van der Waals surface area (Å²) in [5.74, 6) is 0.528. The Bertz CT molecular complexity index is 923. The first-order chi connectivity index (χ1) is 12.7. The van der Waals surface area contributed by atoms with Gasteiger partial charge in [0.2, 0.25) is 0 Å². The van der Waals surface area contributed by atoms with Gasteiger partial charge >= 0.3 is 0 Å². The topological polar surface area (TPSA) is 75.7 Å². The number of sulfonamides is 1. The second kappa shape index (κ2) is 8.43. The van der Waals surface area contributed by atoms with Gasteiger partial charge in [0.25, 0.3) is 15.9 Å². The second-order valence-corrected chi connectivity index (χ2v) is 8.52. The molecule has 0 bridgehead atoms. The molecule has 0 aliphatic carbocycles. The number of ether oxygens (including phenoxy) is 1. The maximum absolute atomic E-state index is 12.9. The van der Waals surface area contributed by atoms with Gasteiger partial charge in [-0.2, -0.15) is 0 Å². The van der Waals surface area contributed by atoms with Crippen LogP contribution in [0.3, 0.4) is 0 Å². The van der Waals surface area contributed by atoms with Gasteiger partial charge < -0.3 is 9.64 Å². The van der Waals surface area contributed by atoms with E-state index in [1.54, 1.807) is 55.3 Å². The summed E-state index contributed by atoms with van der Waals surface area (Å²) >= 11 is 0. The molecule has 1 N–H and O–H groups in total. The SMILES string of the molecule is COc1ccccc1NS(=O)(=O)c1cc(C(=O)N(C)CC(C)C)ccc1C. The Morgan fingerprint density at radius 2 is 1.85 bits per heavy atom. The van der Waals surface area contributed by atoms with Gasteiger partial charge in [-0.25, -0.2) is 8.42 Å². The molecule has 146 valence electrons. The van der Waals surface area contributed by atoms with E-state index < -0.39 is 10.0 Å². The summed E-state index contributed by atoms with van der Waals surface area (Å²) in [6.07, 6.45) is 0. The van der Waals surface area contributed by atoms with Gasteiger partial charge in [0, 0.05) is 19.2 Å². The average Bonchev–Trinajstić information content (AvgIpc) is 2.61. The van der Waals surface area contributed by atoms with Crippen LogP contribution < -0.4 is 9.46 Å². The van der Waals surface area contributed by atoms with Crippen molar-refractivity contribution in [2.45, 2.75) is 25.7 Å². The fourth-order valence-electron chi connectivity index (χ4n) is 2.80. The van der Waals surface area contributed by atoms with E-state index in [-0.39, 0.29) is 10.8 Å². The Hall–Kier alpha value is -2.54. The highest BCUT2D eigenvalue weighted by molar-refractivity contribution is 7.92. The summed E-state index contributed by atoms with van der Waals surface area (Å²) in [5.41, 5.74) is 1.23. The number of amides is 1. The minimum absolute atomic E-state index is 0.0669. The van der Waals surface area contributed by atoms with Crippen molar-refractivity contribution in [3.05, 3.63) is 53.6 Å². The van der Waals surface area contributed by atoms with Gasteiger partial charge in [-0.05, 0) is 42.7 Å². The molecule has 27 heavy (non-hydrogen) atoms. The zero-order chi connectivity index (χ0) is 20.2. The van der Waals surface area contributed by atoms with Crippen molar-refractivity contribution in [2.75, 3.05) is 25.4 Å². The number of anilines is 1. The van der Waals surface area contributed by atoms with Gasteiger partial charge in [-0.15, -0.1) is 0 Å². The maximum atomic E-state index is 12.9. The molecule has 7 heteroatoms. The number of methoxy groups -OCH3 is 1. The van der Waals surface area contributed by atoms with E-state index in [4.69, 9.17) is 4.74 Å². The Kier molecular flexibility index (Phi) is 6.49. The smallest absolute Gasteiger partial charge is 0.262 e. The molecule has 2 aromatic rings. The first-order valence-corrected chi connectivity index (χ1v) is 10.2. The third-order valence-electron chi connectivity index (χ3n) is 4.06. The zero-order valence-corrected chi connectivity index (χ0v) is 17.1. The maximum Gasteiger partial charge on any atom is 0.262 e. The van der Waals surface area contributed by atoms with Crippen molar-refractivity contribution < 1.29 is 17.9 Å². The summed E-state index contributed by atoms with van der Waals surface area (Å²) in [6.45, 7) is 6.33. The van der Waals surface area contributed by atoms with Crippen molar-refractivity contribution in [1.29, 1.82) is 0 Å². The van der Waals surface area contributed by atoms with Gasteiger partial charge in [-0.1, -0.05) is 32.0 Å². The summed E-state index contributed by atoms with van der Waals surface area (Å²) < 4.78 is 33.6. The monoisotopic (exact) mass is 390 g/mol. The Morgan fingerprint density at radius 1 is 1.19 bits per heavy atom. The molecule has 0 spiro atoms. The van der Waals surface area contributed by atoms with E-state index in [0.29, 0.717) is 35.0 Å². The molecule has 0 saturated heterocycles. The molecule has 2 rings (SSSR count). The van der Waals surface area contributed by atoms with E-state index >= 15 is 0 Å². The quantitative estimate of drug-likeness (QED) is 0.785. The second-order valence-electron chi connectivity index (χ2n) is 6.87. The molecule has 2 aromatic carbocycles. The molecule has 0 saturated carbocycles. The number of rotatable bonds is 7. The number of para-hydroxylation sites is 2. The molecular weight excluding hydrogens is 364 g/mol. The molecule has 0 aromatic heterocycles. The molecule has 0 unspecified atom stereocenters. The zero-order valence-electron chi connectivity index (χ0n) is 16.3. The van der Waals surface area contributed by atoms with E-state index in [1.165, 1.54) is 13.2 Å². The minimum Gasteiger partial charge on any atom is -0.495 e. The lowest BCUT2D eigenvalue weighted by atomic mass is 10.1. The van der Waals surface area contributed by atoms with Crippen molar-refractivity contribution >= 4 is 21.6 Å². The van der Waals surface area contributed by atoms with Crippen molar-refractivity contribution in [2.24, 2.45) is 5.92 Å². The van der Waals surface area contributed by atoms with Crippen molar-refractivity contribution in [3.63, 3.8) is 0 Å². The lowest BCUT2D eigenvalue weighted by molar-refractivity contribution is 0.0779. The number of hydrogen-bond acceptors (Lipinski definition) is 4. The Morgan fingerprint density at radius 3 is 2.48 bits per heavy atom. The molecular formula is C20H26N2O4S. The van der Waals surface area contributed by atoms with Crippen LogP contribution in [0.15, 0.2) is 47.4 Å². The van der Waals surface area contributed by atoms with Crippen LogP contribution in [0.5, 0.6) is 5.75 Å². The van der Waals surface area contributed by atoms with Crippen LogP contribution >= 0.6 is 0 Å². The van der Waals surface area contributed by atoms with E-state index in [1.807, 2.05) is 13.8 Å². The van der Waals surface area contributed by atoms with E-state index in [9.17, 15) is 13.2 Å². The molecule has 0 aliphatic heterocycles. The molecule has 0 heterocycles. The van der Waals surface area contributed by atoms with Crippen LogP contribution in [0.1, 0.15) is 29.8 Å². The standard InChI is InChI=1S/C20H26N2O4S/c1-14(2)13-22(4)20(23)16-11-10-15(3)19(12-16)27(24,25)21-17-8-6-7-9-18(17)26-5/h6-12,14,21H,13H2,1-5H3.